The van der Waals surface area contributed by atoms with Gasteiger partial charge in [0.05, 0.1) is 17.0 Å². The van der Waals surface area contributed by atoms with Gasteiger partial charge in [-0.15, -0.1) is 0 Å². The van der Waals surface area contributed by atoms with Crippen molar-refractivity contribution in [2.24, 2.45) is 0 Å². The Kier molecular flexibility index (Phi) is 6.49. The van der Waals surface area contributed by atoms with Crippen LogP contribution >= 0.6 is 7.92 Å². The van der Waals surface area contributed by atoms with Gasteiger partial charge in [0, 0.05) is 63.4 Å². The van der Waals surface area contributed by atoms with Crippen LogP contribution in [0.2, 0.25) is 0 Å². The van der Waals surface area contributed by atoms with E-state index < -0.39 is 5.41 Å². The van der Waals surface area contributed by atoms with Crippen LogP contribution in [0.15, 0.2) is 48.7 Å². The lowest BCUT2D eigenvalue weighted by Gasteiger charge is -2.27. The van der Waals surface area contributed by atoms with E-state index in [4.69, 9.17) is 16.1 Å². The minimum Gasteiger partial charge on any atom is -0.398 e. The Hall–Kier alpha value is -3.55. The summed E-state index contributed by atoms with van der Waals surface area (Å²) in [6, 6.07) is 14.6. The van der Waals surface area contributed by atoms with E-state index >= 15 is 0 Å². The fourth-order valence-corrected chi connectivity index (χ4v) is 5.33. The molecule has 0 saturated carbocycles. The Bertz CT molecular complexity index is 1480. The fourth-order valence-electron chi connectivity index (χ4n) is 4.59. The number of nitriles is 1. The molecule has 0 bridgehead atoms. The molecule has 0 saturated heterocycles. The van der Waals surface area contributed by atoms with Gasteiger partial charge in [-0.05, 0) is 68.3 Å². The van der Waals surface area contributed by atoms with Crippen molar-refractivity contribution in [2.75, 3.05) is 19.1 Å². The summed E-state index contributed by atoms with van der Waals surface area (Å²) in [5.74, 6) is -0.320. The van der Waals surface area contributed by atoms with Crippen molar-refractivity contribution in [3.05, 3.63) is 71.3 Å². The second kappa shape index (κ2) is 9.24. The number of halogens is 1. The monoisotopic (exact) mass is 485 g/mol. The summed E-state index contributed by atoms with van der Waals surface area (Å²) in [7, 11) is -0.349. The van der Waals surface area contributed by atoms with Gasteiger partial charge in [-0.2, -0.15) is 5.26 Å². The summed E-state index contributed by atoms with van der Waals surface area (Å²) in [6.45, 7) is 10.5. The summed E-state index contributed by atoms with van der Waals surface area (Å²) in [5.41, 5.74) is 13.5. The Labute approximate surface area is 206 Å². The van der Waals surface area contributed by atoms with Gasteiger partial charge in [-0.25, -0.2) is 4.39 Å². The van der Waals surface area contributed by atoms with E-state index in [2.05, 4.69) is 37.0 Å². The number of hydrogen-bond acceptors (Lipinski definition) is 4. The number of benzene rings is 2. The predicted molar refractivity (Wildman–Crippen MR) is 145 cm³/mol. The number of rotatable bonds is 6. The zero-order chi connectivity index (χ0) is 25.5. The van der Waals surface area contributed by atoms with Crippen molar-refractivity contribution in [1.82, 2.24) is 9.55 Å². The topological polar surface area (TPSA) is 91.5 Å². The number of fused-ring (bicyclic) bond motifs is 1. The number of pyridine rings is 1. The van der Waals surface area contributed by atoms with Crippen LogP contribution in [0.3, 0.4) is 0 Å². The zero-order valence-corrected chi connectivity index (χ0v) is 21.5. The molecule has 4 aromatic rings. The maximum absolute atomic E-state index is 13.9. The van der Waals surface area contributed by atoms with Crippen molar-refractivity contribution in [2.45, 2.75) is 32.6 Å². The average Bonchev–Trinajstić information content (AvgIpc) is 3.13. The highest BCUT2D eigenvalue weighted by Gasteiger charge is 2.33. The highest BCUT2D eigenvalue weighted by Crippen LogP contribution is 2.45. The maximum atomic E-state index is 13.9. The average molecular weight is 486 g/mol. The molecular formula is C28H29FN5P. The molecule has 0 aliphatic heterocycles. The maximum Gasteiger partial charge on any atom is 0.123 e. The summed E-state index contributed by atoms with van der Waals surface area (Å²) in [4.78, 5) is 4.78. The number of hydrogen-bond donors (Lipinski definition) is 2. The molecule has 4 rings (SSSR count). The summed E-state index contributed by atoms with van der Waals surface area (Å²) in [6.07, 6.45) is 3.44. The van der Waals surface area contributed by atoms with Crippen LogP contribution in [0.5, 0.6) is 0 Å². The molecule has 0 spiro atoms. The fraction of sp³-hybridized carbons (Fsp3) is 0.250. The largest absolute Gasteiger partial charge is 0.398 e. The molecule has 0 unspecified atom stereocenters. The molecule has 0 aliphatic carbocycles. The highest BCUT2D eigenvalue weighted by atomic mass is 31.1. The van der Waals surface area contributed by atoms with E-state index in [1.165, 1.54) is 18.3 Å². The van der Waals surface area contributed by atoms with Crippen LogP contribution in [0.25, 0.3) is 27.7 Å². The molecule has 0 amide bonds. The molecule has 7 heteroatoms. The lowest BCUT2D eigenvalue weighted by molar-refractivity contribution is 0.516. The first-order chi connectivity index (χ1) is 16.6. The molecule has 35 heavy (non-hydrogen) atoms. The number of aromatic nitrogens is 2. The number of aryl methyl sites for hydroxylation is 1. The molecule has 0 atom stereocenters. The smallest absolute Gasteiger partial charge is 0.123 e. The lowest BCUT2D eigenvalue weighted by Crippen LogP contribution is -2.22. The first kappa shape index (κ1) is 24.6. The molecule has 2 aromatic heterocycles. The zero-order valence-electron chi connectivity index (χ0n) is 20.6. The van der Waals surface area contributed by atoms with Crippen molar-refractivity contribution in [3.63, 3.8) is 0 Å². The second-order valence-corrected chi connectivity index (χ2v) is 11.9. The van der Waals surface area contributed by atoms with Crippen molar-refractivity contribution in [1.29, 1.82) is 10.7 Å². The van der Waals surface area contributed by atoms with Gasteiger partial charge in [0.15, 0.2) is 0 Å². The normalized spacial score (nSPS) is 11.7. The first-order valence-corrected chi connectivity index (χ1v) is 13.6. The van der Waals surface area contributed by atoms with E-state index in [1.54, 1.807) is 12.1 Å². The number of nitrogen functional groups attached to an aromatic ring is 1. The molecule has 3 N–H and O–H groups in total. The number of nitrogens with one attached hydrogen (secondary N) is 1. The van der Waals surface area contributed by atoms with Crippen LogP contribution in [0, 0.1) is 29.5 Å². The second-order valence-electron chi connectivity index (χ2n) is 9.65. The SMILES string of the molecule is Cc1cc(P(C)C)ncc1-c1c(C(C)(C)CC#N)n(-c2ccc(F)cc2)c2cc(C=N)c(N)cc12. The van der Waals surface area contributed by atoms with Gasteiger partial charge in [0.1, 0.15) is 5.82 Å². The van der Waals surface area contributed by atoms with Gasteiger partial charge < -0.3 is 15.7 Å². The Morgan fingerprint density at radius 2 is 1.89 bits per heavy atom. The minimum absolute atomic E-state index is 0.282. The van der Waals surface area contributed by atoms with Crippen LogP contribution in [0.4, 0.5) is 10.1 Å². The van der Waals surface area contributed by atoms with Crippen molar-refractivity contribution >= 4 is 36.2 Å². The molecule has 0 fully saturated rings. The van der Waals surface area contributed by atoms with Gasteiger partial charge in [0.25, 0.3) is 0 Å². The van der Waals surface area contributed by atoms with E-state index in [-0.39, 0.29) is 20.2 Å². The standard InChI is InChI=1S/C28H29FN5P/c1-17-12-25(35(4)5)33-16-22(17)26-21-14-23(32)18(15-31)13-24(21)34(20-8-6-19(29)7-9-20)27(26)28(2,3)10-11-30/h6-9,12-16,31H,10,32H2,1-5H3. The molecule has 2 heterocycles. The highest BCUT2D eigenvalue weighted by molar-refractivity contribution is 7.63. The Balaban J connectivity index is 2.22. The number of nitrogens with two attached hydrogens (primary N) is 1. The first-order valence-electron chi connectivity index (χ1n) is 11.3. The minimum atomic E-state index is -0.551. The van der Waals surface area contributed by atoms with Crippen molar-refractivity contribution in [3.8, 4) is 22.9 Å². The third kappa shape index (κ3) is 4.33. The van der Waals surface area contributed by atoms with Crippen molar-refractivity contribution < 1.29 is 4.39 Å². The summed E-state index contributed by atoms with van der Waals surface area (Å²) >= 11 is 0. The Morgan fingerprint density at radius 3 is 2.46 bits per heavy atom. The van der Waals surface area contributed by atoms with E-state index in [0.717, 1.165) is 44.4 Å². The third-order valence-electron chi connectivity index (χ3n) is 6.40. The van der Waals surface area contributed by atoms with E-state index in [9.17, 15) is 9.65 Å². The van der Waals surface area contributed by atoms with Crippen LogP contribution in [-0.2, 0) is 5.41 Å². The Morgan fingerprint density at radius 1 is 1.20 bits per heavy atom. The van der Waals surface area contributed by atoms with Crippen LogP contribution in [0.1, 0.15) is 37.1 Å². The van der Waals surface area contributed by atoms with E-state index in [1.807, 2.05) is 32.2 Å². The number of anilines is 1. The lowest BCUT2D eigenvalue weighted by atomic mass is 9.81. The predicted octanol–water partition coefficient (Wildman–Crippen LogP) is 6.28. The molecule has 2 aromatic carbocycles. The molecular weight excluding hydrogens is 456 g/mol. The van der Waals surface area contributed by atoms with Gasteiger partial charge in [0.2, 0.25) is 0 Å². The van der Waals surface area contributed by atoms with Gasteiger partial charge in [-0.3, -0.25) is 4.98 Å². The summed E-state index contributed by atoms with van der Waals surface area (Å²) in [5, 5.41) is 18.5. The van der Waals surface area contributed by atoms with E-state index in [0.29, 0.717) is 11.3 Å². The number of nitrogens with zero attached hydrogens (tertiary/aromatic N) is 3. The third-order valence-corrected chi connectivity index (χ3v) is 7.56. The van der Waals surface area contributed by atoms with Crippen LogP contribution in [-0.4, -0.2) is 29.1 Å². The summed E-state index contributed by atoms with van der Waals surface area (Å²) < 4.78 is 15.9. The molecule has 5 nitrogen and oxygen atoms in total. The molecule has 0 aliphatic rings. The molecule has 178 valence electrons. The van der Waals surface area contributed by atoms with Gasteiger partial charge in [-0.1, -0.05) is 21.8 Å². The van der Waals surface area contributed by atoms with Gasteiger partial charge >= 0.3 is 0 Å². The van der Waals surface area contributed by atoms with Crippen LogP contribution < -0.4 is 11.2 Å². The molecule has 0 radical (unpaired) electrons. The quantitative estimate of drug-likeness (QED) is 0.191.